The minimum Gasteiger partial charge on any atom is -0.0622 e. The zero-order valence-corrected chi connectivity index (χ0v) is 29.4. The molecule has 0 N–H and O–H groups in total. The monoisotopic (exact) mass is 668 g/mol. The topological polar surface area (TPSA) is 0 Å². The van der Waals surface area contributed by atoms with Crippen molar-refractivity contribution in [2.45, 2.75) is 69.9 Å². The van der Waals surface area contributed by atoms with Gasteiger partial charge in [-0.3, -0.25) is 0 Å². The maximum absolute atomic E-state index is 2.55. The van der Waals surface area contributed by atoms with E-state index in [9.17, 15) is 0 Å². The summed E-state index contributed by atoms with van der Waals surface area (Å²) in [4.78, 5) is 0. The number of benzene rings is 5. The van der Waals surface area contributed by atoms with Gasteiger partial charge in [0, 0.05) is 17.1 Å². The van der Waals surface area contributed by atoms with Crippen LogP contribution in [0.25, 0.3) is 0 Å². The summed E-state index contributed by atoms with van der Waals surface area (Å²) in [5.74, 6) is 1.26. The molecule has 0 amide bonds. The van der Waals surface area contributed by atoms with E-state index < -0.39 is 15.8 Å². The van der Waals surface area contributed by atoms with Gasteiger partial charge in [-0.15, -0.1) is 0 Å². The zero-order valence-electron chi connectivity index (χ0n) is 26.5. The Hall–Kier alpha value is -2.52. The Morgan fingerprint density at radius 3 is 1.33 bits per heavy atom. The quantitative estimate of drug-likeness (QED) is 0.114. The fourth-order valence-electron chi connectivity index (χ4n) is 7.41. The van der Waals surface area contributed by atoms with Gasteiger partial charge in [-0.25, -0.2) is 0 Å². The Morgan fingerprint density at radius 2 is 0.867 bits per heavy atom. The van der Waals surface area contributed by atoms with Gasteiger partial charge < -0.3 is 0 Å². The minimum atomic E-state index is -0.619. The van der Waals surface area contributed by atoms with Crippen molar-refractivity contribution in [1.29, 1.82) is 0 Å². The van der Waals surface area contributed by atoms with Gasteiger partial charge in [0.1, 0.15) is 0 Å². The molecule has 0 bridgehead atoms. The number of hydrogen-bond acceptors (Lipinski definition) is 0. The van der Waals surface area contributed by atoms with Crippen molar-refractivity contribution in [2.24, 2.45) is 5.92 Å². The zero-order chi connectivity index (χ0) is 30.0. The van der Waals surface area contributed by atoms with Crippen molar-refractivity contribution in [3.63, 3.8) is 0 Å². The SMILES string of the molecule is C1CCCC1.CC(C1CCCC1c1ccccc1P(c1ccccc1)c1ccccc1)P(c1ccccc1)c1ccccc1.[Fe]. The van der Waals surface area contributed by atoms with Crippen molar-refractivity contribution in [3.05, 3.63) is 151 Å². The molecule has 7 rings (SSSR count). The van der Waals surface area contributed by atoms with Crippen molar-refractivity contribution in [3.8, 4) is 0 Å². The Balaban J connectivity index is 0.000000609. The molecule has 5 aromatic rings. The number of rotatable bonds is 8. The average molecular weight is 669 g/mol. The van der Waals surface area contributed by atoms with Crippen LogP contribution < -0.4 is 26.5 Å². The van der Waals surface area contributed by atoms with E-state index in [4.69, 9.17) is 0 Å². The van der Waals surface area contributed by atoms with Gasteiger partial charge in [0.15, 0.2) is 0 Å². The van der Waals surface area contributed by atoms with Crippen LogP contribution in [0.2, 0.25) is 0 Å². The first-order valence-corrected chi connectivity index (χ1v) is 19.4. The predicted molar refractivity (Wildman–Crippen MR) is 197 cm³/mol. The largest absolute Gasteiger partial charge is 0.0622 e. The molecule has 3 atom stereocenters. The maximum atomic E-state index is 2.55. The molecule has 2 fully saturated rings. The number of hydrogen-bond donors (Lipinski definition) is 0. The molecule has 0 saturated heterocycles. The fourth-order valence-corrected chi connectivity index (χ4v) is 12.9. The third-order valence-corrected chi connectivity index (χ3v) is 14.9. The molecule has 0 nitrogen and oxygen atoms in total. The molecule has 2 saturated carbocycles. The summed E-state index contributed by atoms with van der Waals surface area (Å²) in [6.45, 7) is 2.55. The molecular formula is C42H46FeP2. The first-order valence-electron chi connectivity index (χ1n) is 16.7. The second kappa shape index (κ2) is 17.4. The molecule has 2 aliphatic rings. The van der Waals surface area contributed by atoms with Crippen LogP contribution in [0.5, 0.6) is 0 Å². The fraction of sp³-hybridized carbons (Fsp3) is 0.286. The van der Waals surface area contributed by atoms with Gasteiger partial charge in [0.05, 0.1) is 0 Å². The Bertz CT molecular complexity index is 1450. The van der Waals surface area contributed by atoms with Gasteiger partial charge in [0.25, 0.3) is 0 Å². The van der Waals surface area contributed by atoms with Gasteiger partial charge >= 0.3 is 0 Å². The Morgan fingerprint density at radius 1 is 0.467 bits per heavy atom. The van der Waals surface area contributed by atoms with Crippen LogP contribution >= 0.6 is 15.8 Å². The van der Waals surface area contributed by atoms with Gasteiger partial charge in [0.2, 0.25) is 0 Å². The van der Waals surface area contributed by atoms with E-state index in [-0.39, 0.29) is 17.1 Å². The summed E-state index contributed by atoms with van der Waals surface area (Å²) >= 11 is 0. The van der Waals surface area contributed by atoms with E-state index in [0.29, 0.717) is 17.5 Å². The van der Waals surface area contributed by atoms with Crippen molar-refractivity contribution in [1.82, 2.24) is 0 Å². The summed E-state index contributed by atoms with van der Waals surface area (Å²) in [5.41, 5.74) is 2.19. The van der Waals surface area contributed by atoms with E-state index in [1.807, 2.05) is 0 Å². The molecule has 45 heavy (non-hydrogen) atoms. The second-order valence-corrected chi connectivity index (χ2v) is 17.1. The van der Waals surface area contributed by atoms with E-state index in [0.717, 1.165) is 0 Å². The third kappa shape index (κ3) is 8.45. The second-order valence-electron chi connectivity index (χ2n) is 12.3. The normalized spacial score (nSPS) is 18.2. The predicted octanol–water partition coefficient (Wildman–Crippen LogP) is 9.80. The first kappa shape index (κ1) is 33.8. The van der Waals surface area contributed by atoms with E-state index in [2.05, 4.69) is 153 Å². The Labute approximate surface area is 285 Å². The van der Waals surface area contributed by atoms with Crippen LogP contribution in [0.1, 0.15) is 69.8 Å². The molecule has 0 spiro atoms. The molecule has 0 radical (unpaired) electrons. The van der Waals surface area contributed by atoms with Crippen LogP contribution in [0, 0.1) is 5.92 Å². The van der Waals surface area contributed by atoms with Crippen molar-refractivity contribution in [2.75, 3.05) is 0 Å². The molecule has 3 unspecified atom stereocenters. The molecule has 0 aromatic heterocycles. The molecule has 0 heterocycles. The maximum Gasteiger partial charge on any atom is 0 e. The van der Waals surface area contributed by atoms with Crippen LogP contribution in [0.4, 0.5) is 0 Å². The summed E-state index contributed by atoms with van der Waals surface area (Å²) < 4.78 is 0. The summed E-state index contributed by atoms with van der Waals surface area (Å²) in [6, 6.07) is 54.4. The molecule has 5 aromatic carbocycles. The third-order valence-electron chi connectivity index (χ3n) is 9.52. The summed E-state index contributed by atoms with van der Waals surface area (Å²) in [7, 11) is -1.07. The molecular weight excluding hydrogens is 622 g/mol. The minimum absolute atomic E-state index is 0. The van der Waals surface area contributed by atoms with E-state index >= 15 is 0 Å². The van der Waals surface area contributed by atoms with Crippen LogP contribution in [-0.2, 0) is 17.1 Å². The molecule has 0 aliphatic heterocycles. The van der Waals surface area contributed by atoms with Crippen LogP contribution in [0.3, 0.4) is 0 Å². The van der Waals surface area contributed by atoms with Crippen molar-refractivity contribution < 1.29 is 17.1 Å². The Kier molecular flexibility index (Phi) is 13.1. The summed E-state index contributed by atoms with van der Waals surface area (Å²) in [6.07, 6.45) is 11.4. The van der Waals surface area contributed by atoms with Crippen molar-refractivity contribution >= 4 is 42.4 Å². The summed E-state index contributed by atoms with van der Waals surface area (Å²) in [5, 5.41) is 7.41. The molecule has 232 valence electrons. The van der Waals surface area contributed by atoms with Gasteiger partial charge in [-0.2, -0.15) is 0 Å². The molecule has 3 heteroatoms. The van der Waals surface area contributed by atoms with E-state index in [1.165, 1.54) is 77.9 Å². The van der Waals surface area contributed by atoms with Crippen LogP contribution in [-0.4, -0.2) is 5.66 Å². The standard InChI is InChI=1S/C37H36P2.C5H10.Fe/c1-29(38(30-17-6-2-7-18-30)31-19-8-3-9-20-31)34-26-16-27-35(34)36-25-14-15-28-37(36)39(32-21-10-4-11-22-32)33-23-12-5-13-24-33;1-2-4-5-3-1;/h2-15,17-25,28-29,34-35H,16,26-27H2,1H3;1-5H2;. The first-order chi connectivity index (χ1) is 21.8. The average Bonchev–Trinajstić information content (AvgIpc) is 3.84. The van der Waals surface area contributed by atoms with Crippen LogP contribution in [0.15, 0.2) is 146 Å². The molecule has 2 aliphatic carbocycles. The van der Waals surface area contributed by atoms with Gasteiger partial charge in [-0.05, 0) is 78.3 Å². The smallest absolute Gasteiger partial charge is 0 e. The van der Waals surface area contributed by atoms with Gasteiger partial charge in [-0.1, -0.05) is 191 Å². The van der Waals surface area contributed by atoms with E-state index in [1.54, 1.807) is 5.56 Å².